The van der Waals surface area contributed by atoms with E-state index >= 15 is 0 Å². The van der Waals surface area contributed by atoms with Crippen LogP contribution >= 0.6 is 0 Å². The van der Waals surface area contributed by atoms with Crippen molar-refractivity contribution in [1.82, 2.24) is 0 Å². The molecule has 7 nitrogen and oxygen atoms in total. The molecule has 1 aliphatic heterocycles. The molecule has 3 aromatic rings. The van der Waals surface area contributed by atoms with E-state index in [1.165, 1.54) is 0 Å². The largest absolute Gasteiger partial charge is 0.459 e. The highest BCUT2D eigenvalue weighted by Crippen LogP contribution is 2.28. The van der Waals surface area contributed by atoms with E-state index in [4.69, 9.17) is 18.9 Å². The normalized spacial score (nSPS) is 21.5. The zero-order chi connectivity index (χ0) is 24.8. The molecule has 0 aromatic heterocycles. The van der Waals surface area contributed by atoms with E-state index in [1.54, 1.807) is 36.4 Å². The van der Waals surface area contributed by atoms with E-state index in [0.29, 0.717) is 11.1 Å². The van der Waals surface area contributed by atoms with Crippen LogP contribution in [-0.2, 0) is 25.6 Å². The van der Waals surface area contributed by atoms with Crippen molar-refractivity contribution in [3.8, 4) is 0 Å². The average Bonchev–Trinajstić information content (AvgIpc) is 3.16. The summed E-state index contributed by atoms with van der Waals surface area (Å²) in [7, 11) is 0. The molecule has 0 aliphatic carbocycles. The number of aryl methyl sites for hydroxylation is 2. The Morgan fingerprint density at radius 2 is 1.37 bits per heavy atom. The van der Waals surface area contributed by atoms with Gasteiger partial charge in [-0.15, -0.1) is 0 Å². The van der Waals surface area contributed by atoms with Crippen LogP contribution in [0.3, 0.4) is 0 Å². The molecule has 0 amide bonds. The van der Waals surface area contributed by atoms with Gasteiger partial charge in [0.05, 0.1) is 17.7 Å². The van der Waals surface area contributed by atoms with Crippen LogP contribution in [-0.4, -0.2) is 48.3 Å². The molecule has 1 saturated heterocycles. The monoisotopic (exact) mass is 476 g/mol. The molecule has 0 bridgehead atoms. The van der Waals surface area contributed by atoms with E-state index < -0.39 is 36.5 Å². The first-order valence-electron chi connectivity index (χ1n) is 11.4. The van der Waals surface area contributed by atoms with Gasteiger partial charge in [0.25, 0.3) is 0 Å². The van der Waals surface area contributed by atoms with Crippen LogP contribution in [0.15, 0.2) is 78.9 Å². The SMILES string of the molecule is Cc1ccc(C(=O)OCC2OC(O)C(OCc3ccccc3)C2OC(=O)c2ccc(C)cc2)cc1. The van der Waals surface area contributed by atoms with Crippen LogP contribution in [0.4, 0.5) is 0 Å². The van der Waals surface area contributed by atoms with Gasteiger partial charge in [-0.05, 0) is 43.7 Å². The molecule has 0 radical (unpaired) electrons. The Morgan fingerprint density at radius 1 is 0.800 bits per heavy atom. The molecule has 4 rings (SSSR count). The molecule has 182 valence electrons. The average molecular weight is 477 g/mol. The third-order valence-corrected chi connectivity index (χ3v) is 5.77. The van der Waals surface area contributed by atoms with Gasteiger partial charge in [0, 0.05) is 0 Å². The zero-order valence-corrected chi connectivity index (χ0v) is 19.6. The maximum atomic E-state index is 12.9. The quantitative estimate of drug-likeness (QED) is 0.492. The lowest BCUT2D eigenvalue weighted by Crippen LogP contribution is -2.40. The van der Waals surface area contributed by atoms with Crippen LogP contribution in [0, 0.1) is 13.8 Å². The van der Waals surface area contributed by atoms with Gasteiger partial charge >= 0.3 is 11.9 Å². The topological polar surface area (TPSA) is 91.3 Å². The van der Waals surface area contributed by atoms with Crippen molar-refractivity contribution in [2.75, 3.05) is 6.61 Å². The maximum absolute atomic E-state index is 12.9. The highest BCUT2D eigenvalue weighted by molar-refractivity contribution is 5.90. The van der Waals surface area contributed by atoms with Gasteiger partial charge in [0.1, 0.15) is 18.8 Å². The van der Waals surface area contributed by atoms with E-state index in [0.717, 1.165) is 16.7 Å². The Morgan fingerprint density at radius 3 is 1.97 bits per heavy atom. The van der Waals surface area contributed by atoms with Crippen LogP contribution in [0.5, 0.6) is 0 Å². The number of aliphatic hydroxyl groups is 1. The summed E-state index contributed by atoms with van der Waals surface area (Å²) in [4.78, 5) is 25.3. The number of hydrogen-bond acceptors (Lipinski definition) is 7. The Kier molecular flexibility index (Phi) is 7.92. The lowest BCUT2D eigenvalue weighted by molar-refractivity contribution is -0.150. The summed E-state index contributed by atoms with van der Waals surface area (Å²) in [5.74, 6) is -1.13. The number of rotatable bonds is 8. The van der Waals surface area contributed by atoms with Gasteiger partial charge < -0.3 is 24.1 Å². The van der Waals surface area contributed by atoms with Crippen molar-refractivity contribution in [1.29, 1.82) is 0 Å². The molecule has 0 spiro atoms. The molecule has 0 saturated carbocycles. The first-order chi connectivity index (χ1) is 16.9. The van der Waals surface area contributed by atoms with E-state index in [2.05, 4.69) is 0 Å². The van der Waals surface area contributed by atoms with Crippen molar-refractivity contribution in [2.45, 2.75) is 45.1 Å². The summed E-state index contributed by atoms with van der Waals surface area (Å²) in [5.41, 5.74) is 3.66. The van der Waals surface area contributed by atoms with Gasteiger partial charge in [0.15, 0.2) is 12.4 Å². The minimum Gasteiger partial charge on any atom is -0.459 e. The lowest BCUT2D eigenvalue weighted by atomic mass is 10.1. The third kappa shape index (κ3) is 6.33. The van der Waals surface area contributed by atoms with Crippen molar-refractivity contribution in [2.24, 2.45) is 0 Å². The second kappa shape index (κ2) is 11.3. The Bertz CT molecular complexity index is 1130. The minimum absolute atomic E-state index is 0.181. The molecule has 1 N–H and O–H groups in total. The standard InChI is InChI=1S/C28H28O7/c1-18-8-12-21(13-9-18)26(29)33-17-23-24(35-27(30)22-14-10-19(2)11-15-22)25(28(31)34-23)32-16-20-6-4-3-5-7-20/h3-15,23-25,28,31H,16-17H2,1-2H3. The third-order valence-electron chi connectivity index (χ3n) is 5.77. The number of esters is 2. The fourth-order valence-corrected chi connectivity index (χ4v) is 3.74. The summed E-state index contributed by atoms with van der Waals surface area (Å²) in [6, 6.07) is 23.3. The van der Waals surface area contributed by atoms with Gasteiger partial charge in [-0.25, -0.2) is 9.59 Å². The summed E-state index contributed by atoms with van der Waals surface area (Å²) < 4.78 is 22.7. The van der Waals surface area contributed by atoms with E-state index in [1.807, 2.05) is 56.3 Å². The summed E-state index contributed by atoms with van der Waals surface area (Å²) >= 11 is 0. The summed E-state index contributed by atoms with van der Waals surface area (Å²) in [6.07, 6.45) is -4.23. The number of carbonyl (C=O) groups is 2. The number of hydrogen-bond donors (Lipinski definition) is 1. The van der Waals surface area contributed by atoms with Gasteiger partial charge in [-0.3, -0.25) is 0 Å². The fourth-order valence-electron chi connectivity index (χ4n) is 3.74. The molecule has 1 fully saturated rings. The molecule has 7 heteroatoms. The highest BCUT2D eigenvalue weighted by Gasteiger charge is 2.48. The van der Waals surface area contributed by atoms with Crippen LogP contribution in [0.2, 0.25) is 0 Å². The van der Waals surface area contributed by atoms with Crippen molar-refractivity contribution < 1.29 is 33.6 Å². The van der Waals surface area contributed by atoms with Gasteiger partial charge in [-0.1, -0.05) is 65.7 Å². The molecular weight excluding hydrogens is 448 g/mol. The van der Waals surface area contributed by atoms with Crippen molar-refractivity contribution in [3.63, 3.8) is 0 Å². The molecule has 4 unspecified atom stereocenters. The van der Waals surface area contributed by atoms with Crippen LogP contribution < -0.4 is 0 Å². The second-order valence-electron chi connectivity index (χ2n) is 8.53. The number of benzene rings is 3. The van der Waals surface area contributed by atoms with E-state index in [9.17, 15) is 14.7 Å². The smallest absolute Gasteiger partial charge is 0.338 e. The van der Waals surface area contributed by atoms with Crippen LogP contribution in [0.1, 0.15) is 37.4 Å². The van der Waals surface area contributed by atoms with Crippen LogP contribution in [0.25, 0.3) is 0 Å². The highest BCUT2D eigenvalue weighted by atomic mass is 16.7. The minimum atomic E-state index is -1.36. The molecule has 3 aromatic carbocycles. The Balaban J connectivity index is 1.47. The maximum Gasteiger partial charge on any atom is 0.338 e. The predicted octanol–water partition coefficient (Wildman–Crippen LogP) is 3.99. The molecule has 1 aliphatic rings. The number of carbonyl (C=O) groups excluding carboxylic acids is 2. The first-order valence-corrected chi connectivity index (χ1v) is 11.4. The number of ether oxygens (including phenoxy) is 4. The van der Waals surface area contributed by atoms with Gasteiger partial charge in [0.2, 0.25) is 0 Å². The number of aliphatic hydroxyl groups excluding tert-OH is 1. The predicted molar refractivity (Wildman–Crippen MR) is 128 cm³/mol. The Hall–Kier alpha value is -3.52. The zero-order valence-electron chi connectivity index (χ0n) is 19.6. The molecule has 35 heavy (non-hydrogen) atoms. The summed E-state index contributed by atoms with van der Waals surface area (Å²) in [5, 5.41) is 10.6. The summed E-state index contributed by atoms with van der Waals surface area (Å²) in [6.45, 7) is 3.80. The second-order valence-corrected chi connectivity index (χ2v) is 8.53. The molecule has 4 atom stereocenters. The molecular formula is C28H28O7. The lowest BCUT2D eigenvalue weighted by Gasteiger charge is -2.23. The molecule has 1 heterocycles. The fraction of sp³-hybridized carbons (Fsp3) is 0.286. The van der Waals surface area contributed by atoms with E-state index in [-0.39, 0.29) is 13.2 Å². The van der Waals surface area contributed by atoms with Crippen molar-refractivity contribution >= 4 is 11.9 Å². The first kappa shape index (κ1) is 24.6. The van der Waals surface area contributed by atoms with Gasteiger partial charge in [-0.2, -0.15) is 0 Å². The van der Waals surface area contributed by atoms with Crippen molar-refractivity contribution in [3.05, 3.63) is 107 Å². The Labute approximate surface area is 204 Å².